The molecule has 0 aliphatic heterocycles. The molecular weight excluding hydrogens is 254 g/mol. The van der Waals surface area contributed by atoms with Crippen molar-refractivity contribution < 1.29 is 4.74 Å². The second-order valence-corrected chi connectivity index (χ2v) is 4.12. The number of hydrogen-bond donors (Lipinski definition) is 1. The predicted octanol–water partition coefficient (Wildman–Crippen LogP) is 1.91. The normalized spacial score (nSPS) is 10.4. The number of nitrogens with zero attached hydrogens (tertiary/aromatic N) is 4. The van der Waals surface area contributed by atoms with Crippen LogP contribution in [0.1, 0.15) is 5.56 Å². The number of rotatable bonds is 4. The first-order valence-electron chi connectivity index (χ1n) is 6.15. The Kier molecular flexibility index (Phi) is 3.38. The topological polar surface area (TPSA) is 78.9 Å². The Labute approximate surface area is 115 Å². The third kappa shape index (κ3) is 2.65. The first kappa shape index (κ1) is 12.3. The lowest BCUT2D eigenvalue weighted by Crippen LogP contribution is -1.98. The average Bonchev–Trinajstić information content (AvgIpc) is 2.97. The third-order valence-corrected chi connectivity index (χ3v) is 2.72. The van der Waals surface area contributed by atoms with Crippen LogP contribution in [0.15, 0.2) is 55.0 Å². The van der Waals surface area contributed by atoms with Gasteiger partial charge in [-0.15, -0.1) is 5.10 Å². The molecular formula is C14H13N5O. The molecule has 6 heteroatoms. The van der Waals surface area contributed by atoms with E-state index in [0.29, 0.717) is 12.4 Å². The van der Waals surface area contributed by atoms with E-state index in [2.05, 4.69) is 15.1 Å². The van der Waals surface area contributed by atoms with Crippen LogP contribution in [0.3, 0.4) is 0 Å². The van der Waals surface area contributed by atoms with Gasteiger partial charge in [-0.3, -0.25) is 0 Å². The van der Waals surface area contributed by atoms with Crippen LogP contribution < -0.4 is 10.5 Å². The summed E-state index contributed by atoms with van der Waals surface area (Å²) in [6, 6.07) is 13.5. The summed E-state index contributed by atoms with van der Waals surface area (Å²) in [5, 5.41) is 4.24. The number of aromatic nitrogens is 4. The number of benzene rings is 1. The van der Waals surface area contributed by atoms with Crippen LogP contribution in [-0.2, 0) is 6.54 Å². The zero-order chi connectivity index (χ0) is 13.8. The molecule has 20 heavy (non-hydrogen) atoms. The lowest BCUT2D eigenvalue weighted by atomic mass is 10.3. The molecule has 0 fully saturated rings. The zero-order valence-electron chi connectivity index (χ0n) is 10.7. The second kappa shape index (κ2) is 5.50. The highest BCUT2D eigenvalue weighted by Gasteiger charge is 2.05. The molecule has 0 bridgehead atoms. The predicted molar refractivity (Wildman–Crippen MR) is 73.6 cm³/mol. The highest BCUT2D eigenvalue weighted by molar-refractivity contribution is 5.30. The van der Waals surface area contributed by atoms with Crippen LogP contribution in [0.4, 0.5) is 0 Å². The molecule has 0 spiro atoms. The van der Waals surface area contributed by atoms with Crippen molar-refractivity contribution in [2.45, 2.75) is 6.54 Å². The summed E-state index contributed by atoms with van der Waals surface area (Å²) in [5.41, 5.74) is 7.37. The lowest BCUT2D eigenvalue weighted by Gasteiger charge is -2.01. The van der Waals surface area contributed by atoms with Crippen molar-refractivity contribution in [3.05, 3.63) is 60.6 Å². The van der Waals surface area contributed by atoms with E-state index in [4.69, 9.17) is 10.5 Å². The summed E-state index contributed by atoms with van der Waals surface area (Å²) in [4.78, 5) is 8.23. The Morgan fingerprint density at radius 2 is 1.90 bits per heavy atom. The van der Waals surface area contributed by atoms with Crippen LogP contribution in [0.2, 0.25) is 0 Å². The van der Waals surface area contributed by atoms with E-state index >= 15 is 0 Å². The van der Waals surface area contributed by atoms with E-state index in [9.17, 15) is 0 Å². The Bertz CT molecular complexity index is 678. The SMILES string of the molecule is NCc1ccc(Oc2ncn(-c3ccccc3)n2)nc1. The van der Waals surface area contributed by atoms with Gasteiger partial charge in [0.15, 0.2) is 0 Å². The van der Waals surface area contributed by atoms with Gasteiger partial charge in [-0.1, -0.05) is 24.3 Å². The van der Waals surface area contributed by atoms with E-state index in [-0.39, 0.29) is 6.01 Å². The van der Waals surface area contributed by atoms with Crippen molar-refractivity contribution in [2.24, 2.45) is 5.73 Å². The molecule has 0 atom stereocenters. The largest absolute Gasteiger partial charge is 0.404 e. The highest BCUT2D eigenvalue weighted by atomic mass is 16.5. The van der Waals surface area contributed by atoms with Crippen LogP contribution in [-0.4, -0.2) is 19.7 Å². The molecule has 0 saturated heterocycles. The molecule has 3 rings (SSSR count). The van der Waals surface area contributed by atoms with E-state index in [0.717, 1.165) is 11.3 Å². The van der Waals surface area contributed by atoms with Crippen LogP contribution in [0.5, 0.6) is 11.9 Å². The van der Waals surface area contributed by atoms with Gasteiger partial charge in [-0.2, -0.15) is 4.98 Å². The minimum Gasteiger partial charge on any atom is -0.404 e. The molecule has 0 aliphatic rings. The highest BCUT2D eigenvalue weighted by Crippen LogP contribution is 2.15. The molecule has 100 valence electrons. The van der Waals surface area contributed by atoms with Crippen LogP contribution >= 0.6 is 0 Å². The van der Waals surface area contributed by atoms with Crippen LogP contribution in [0.25, 0.3) is 5.69 Å². The molecule has 1 aromatic carbocycles. The number of hydrogen-bond acceptors (Lipinski definition) is 5. The maximum absolute atomic E-state index is 5.51. The Balaban J connectivity index is 1.77. The van der Waals surface area contributed by atoms with Gasteiger partial charge in [0.1, 0.15) is 6.33 Å². The average molecular weight is 267 g/mol. The number of para-hydroxylation sites is 1. The zero-order valence-corrected chi connectivity index (χ0v) is 10.7. The monoisotopic (exact) mass is 267 g/mol. The number of ether oxygens (including phenoxy) is 1. The van der Waals surface area contributed by atoms with Crippen molar-refractivity contribution in [2.75, 3.05) is 0 Å². The van der Waals surface area contributed by atoms with Gasteiger partial charge in [0.05, 0.1) is 5.69 Å². The summed E-state index contributed by atoms with van der Waals surface area (Å²) in [7, 11) is 0. The fourth-order valence-electron chi connectivity index (χ4n) is 1.69. The van der Waals surface area contributed by atoms with E-state index in [1.54, 1.807) is 23.3 Å². The summed E-state index contributed by atoms with van der Waals surface area (Å²) in [6.07, 6.45) is 3.27. The quantitative estimate of drug-likeness (QED) is 0.781. The maximum atomic E-state index is 5.51. The van der Waals surface area contributed by atoms with Crippen molar-refractivity contribution in [1.29, 1.82) is 0 Å². The molecule has 3 aromatic rings. The molecule has 2 heterocycles. The summed E-state index contributed by atoms with van der Waals surface area (Å²) < 4.78 is 7.13. The molecule has 6 nitrogen and oxygen atoms in total. The van der Waals surface area contributed by atoms with Gasteiger partial charge in [-0.25, -0.2) is 9.67 Å². The summed E-state index contributed by atoms with van der Waals surface area (Å²) in [6.45, 7) is 0.453. The van der Waals surface area contributed by atoms with Crippen molar-refractivity contribution in [1.82, 2.24) is 19.7 Å². The minimum absolute atomic E-state index is 0.252. The summed E-state index contributed by atoms with van der Waals surface area (Å²) in [5.74, 6) is 0.438. The van der Waals surface area contributed by atoms with E-state index < -0.39 is 0 Å². The molecule has 0 amide bonds. The standard InChI is InChI=1S/C14H13N5O/c15-8-11-6-7-13(16-9-11)20-14-17-10-19(18-14)12-4-2-1-3-5-12/h1-7,9-10H,8,15H2. The van der Waals surface area contributed by atoms with Gasteiger partial charge in [0.2, 0.25) is 5.88 Å². The van der Waals surface area contributed by atoms with Gasteiger partial charge < -0.3 is 10.5 Å². The fraction of sp³-hybridized carbons (Fsp3) is 0.0714. The van der Waals surface area contributed by atoms with Crippen LogP contribution in [0, 0.1) is 0 Å². The fourth-order valence-corrected chi connectivity index (χ4v) is 1.69. The maximum Gasteiger partial charge on any atom is 0.342 e. The van der Waals surface area contributed by atoms with Crippen molar-refractivity contribution >= 4 is 0 Å². The van der Waals surface area contributed by atoms with Gasteiger partial charge in [0.25, 0.3) is 0 Å². The third-order valence-electron chi connectivity index (χ3n) is 2.72. The lowest BCUT2D eigenvalue weighted by molar-refractivity contribution is 0.424. The first-order valence-corrected chi connectivity index (χ1v) is 6.15. The first-order chi connectivity index (χ1) is 9.85. The van der Waals surface area contributed by atoms with Crippen molar-refractivity contribution in [3.63, 3.8) is 0 Å². The Morgan fingerprint density at radius 3 is 2.60 bits per heavy atom. The minimum atomic E-state index is 0.252. The van der Waals surface area contributed by atoms with Gasteiger partial charge >= 0.3 is 6.01 Å². The molecule has 0 saturated carbocycles. The molecule has 0 aliphatic carbocycles. The second-order valence-electron chi connectivity index (χ2n) is 4.12. The number of nitrogens with two attached hydrogens (primary N) is 1. The molecule has 0 radical (unpaired) electrons. The number of pyridine rings is 1. The Morgan fingerprint density at radius 1 is 1.05 bits per heavy atom. The Hall–Kier alpha value is -2.73. The van der Waals surface area contributed by atoms with Gasteiger partial charge in [0, 0.05) is 18.8 Å². The summed E-state index contributed by atoms with van der Waals surface area (Å²) >= 11 is 0. The molecule has 2 N–H and O–H groups in total. The smallest absolute Gasteiger partial charge is 0.342 e. The van der Waals surface area contributed by atoms with Crippen molar-refractivity contribution in [3.8, 4) is 17.6 Å². The molecule has 2 aromatic heterocycles. The van der Waals surface area contributed by atoms with E-state index in [1.807, 2.05) is 36.4 Å². The van der Waals surface area contributed by atoms with Gasteiger partial charge in [-0.05, 0) is 17.7 Å². The molecule has 0 unspecified atom stereocenters. The van der Waals surface area contributed by atoms with E-state index in [1.165, 1.54) is 0 Å².